The zero-order valence-electron chi connectivity index (χ0n) is 15.9. The van der Waals surface area contributed by atoms with E-state index >= 15 is 0 Å². The molecule has 2 fully saturated rings. The van der Waals surface area contributed by atoms with Crippen LogP contribution in [-0.4, -0.2) is 52.6 Å². The van der Waals surface area contributed by atoms with E-state index in [0.717, 1.165) is 25.7 Å². The highest BCUT2D eigenvalue weighted by Gasteiger charge is 2.34. The summed E-state index contributed by atoms with van der Waals surface area (Å²) in [4.78, 5) is 14.5. The van der Waals surface area contributed by atoms with Gasteiger partial charge >= 0.3 is 0 Å². The van der Waals surface area contributed by atoms with Crippen molar-refractivity contribution >= 4 is 15.9 Å². The molecule has 0 spiro atoms. The van der Waals surface area contributed by atoms with Crippen molar-refractivity contribution in [3.8, 4) is 11.5 Å². The average Bonchev–Trinajstić information content (AvgIpc) is 3.15. The number of nitrogens with one attached hydrogen (secondary N) is 1. The van der Waals surface area contributed by atoms with E-state index in [-0.39, 0.29) is 28.5 Å². The Hall–Kier alpha value is -1.80. The monoisotopic (exact) mass is 396 g/mol. The maximum Gasteiger partial charge on any atom is 0.244 e. The molecule has 1 amide bonds. The fourth-order valence-corrected chi connectivity index (χ4v) is 5.39. The third-order valence-electron chi connectivity index (χ3n) is 5.44. The molecule has 1 aromatic rings. The van der Waals surface area contributed by atoms with Crippen molar-refractivity contribution in [1.29, 1.82) is 0 Å². The van der Waals surface area contributed by atoms with E-state index in [0.29, 0.717) is 25.3 Å². The average molecular weight is 397 g/mol. The number of rotatable bonds is 6. The Kier molecular flexibility index (Phi) is 6.26. The Bertz CT molecular complexity index is 774. The molecule has 2 aliphatic rings. The molecule has 1 unspecified atom stereocenters. The molecule has 0 bridgehead atoms. The first-order chi connectivity index (χ1) is 12.9. The van der Waals surface area contributed by atoms with Crippen LogP contribution in [0.25, 0.3) is 0 Å². The van der Waals surface area contributed by atoms with E-state index in [1.807, 2.05) is 4.90 Å². The van der Waals surface area contributed by atoms with Crippen LogP contribution < -0.4 is 14.2 Å². The molecule has 1 aliphatic carbocycles. The molecule has 150 valence electrons. The minimum atomic E-state index is -3.79. The smallest absolute Gasteiger partial charge is 0.244 e. The second kappa shape index (κ2) is 8.48. The van der Waals surface area contributed by atoms with E-state index in [9.17, 15) is 13.2 Å². The minimum absolute atomic E-state index is 0.0430. The quantitative estimate of drug-likeness (QED) is 0.797. The predicted molar refractivity (Wildman–Crippen MR) is 101 cm³/mol. The molecule has 1 heterocycles. The van der Waals surface area contributed by atoms with Gasteiger partial charge in [-0.05, 0) is 31.4 Å². The number of ether oxygens (including phenoxy) is 2. The van der Waals surface area contributed by atoms with Crippen LogP contribution in [-0.2, 0) is 14.8 Å². The molecule has 0 aromatic heterocycles. The van der Waals surface area contributed by atoms with E-state index in [4.69, 9.17) is 9.47 Å². The highest BCUT2D eigenvalue weighted by atomic mass is 32.2. The number of methoxy groups -OCH3 is 2. The molecule has 3 rings (SSSR count). The minimum Gasteiger partial charge on any atom is -0.497 e. The van der Waals surface area contributed by atoms with Crippen molar-refractivity contribution in [2.24, 2.45) is 5.92 Å². The zero-order valence-corrected chi connectivity index (χ0v) is 16.8. The van der Waals surface area contributed by atoms with Crippen molar-refractivity contribution in [1.82, 2.24) is 9.62 Å². The van der Waals surface area contributed by atoms with Crippen molar-refractivity contribution in [3.05, 3.63) is 18.2 Å². The Morgan fingerprint density at radius 3 is 2.52 bits per heavy atom. The number of hydrogen-bond acceptors (Lipinski definition) is 5. The van der Waals surface area contributed by atoms with Gasteiger partial charge < -0.3 is 14.4 Å². The van der Waals surface area contributed by atoms with Gasteiger partial charge in [0.25, 0.3) is 0 Å². The van der Waals surface area contributed by atoms with Crippen molar-refractivity contribution in [2.75, 3.05) is 27.3 Å². The van der Waals surface area contributed by atoms with Crippen molar-refractivity contribution in [3.63, 3.8) is 0 Å². The molecular weight excluding hydrogens is 368 g/mol. The van der Waals surface area contributed by atoms with Gasteiger partial charge in [0, 0.05) is 31.1 Å². The van der Waals surface area contributed by atoms with Crippen LogP contribution in [0.2, 0.25) is 0 Å². The van der Waals surface area contributed by atoms with Gasteiger partial charge in [-0.1, -0.05) is 19.3 Å². The van der Waals surface area contributed by atoms with E-state index < -0.39 is 10.0 Å². The zero-order chi connectivity index (χ0) is 19.4. The lowest BCUT2D eigenvalue weighted by Crippen LogP contribution is -2.40. The highest BCUT2D eigenvalue weighted by Crippen LogP contribution is 2.30. The molecule has 1 saturated carbocycles. The Balaban J connectivity index is 1.67. The van der Waals surface area contributed by atoms with Gasteiger partial charge in [-0.15, -0.1) is 0 Å². The van der Waals surface area contributed by atoms with Crippen LogP contribution in [0.15, 0.2) is 23.1 Å². The lowest BCUT2D eigenvalue weighted by Gasteiger charge is -2.26. The van der Waals surface area contributed by atoms with E-state index in [2.05, 4.69) is 4.72 Å². The SMILES string of the molecule is COc1ccc(OC)c(S(=O)(=O)NC2CCN(C(=O)C3CCCCC3)C2)c1. The van der Waals surface area contributed by atoms with E-state index in [1.165, 1.54) is 26.7 Å². The fraction of sp³-hybridized carbons (Fsp3) is 0.632. The lowest BCUT2D eigenvalue weighted by atomic mass is 9.88. The molecule has 0 radical (unpaired) electrons. The van der Waals surface area contributed by atoms with Gasteiger partial charge in [0.15, 0.2) is 0 Å². The number of benzene rings is 1. The highest BCUT2D eigenvalue weighted by molar-refractivity contribution is 7.89. The maximum absolute atomic E-state index is 12.9. The molecular formula is C19H28N2O5S. The normalized spacial score (nSPS) is 21.3. The first-order valence-corrected chi connectivity index (χ1v) is 11.0. The second-order valence-electron chi connectivity index (χ2n) is 7.24. The standard InChI is InChI=1S/C19H28N2O5S/c1-25-16-8-9-17(26-2)18(12-16)27(23,24)20-15-10-11-21(13-15)19(22)14-6-4-3-5-7-14/h8-9,12,14-15,20H,3-7,10-11,13H2,1-2H3. The molecule has 27 heavy (non-hydrogen) atoms. The molecule has 1 N–H and O–H groups in total. The van der Waals surface area contributed by atoms with Crippen molar-refractivity contribution < 1.29 is 22.7 Å². The Morgan fingerprint density at radius 2 is 1.85 bits per heavy atom. The maximum atomic E-state index is 12.9. The van der Waals surface area contributed by atoms with E-state index in [1.54, 1.807) is 12.1 Å². The number of likely N-dealkylation sites (tertiary alicyclic amines) is 1. The molecule has 1 saturated heterocycles. The molecule has 1 atom stereocenters. The molecule has 7 nitrogen and oxygen atoms in total. The first-order valence-electron chi connectivity index (χ1n) is 9.47. The molecule has 1 aliphatic heterocycles. The van der Waals surface area contributed by atoms with Gasteiger partial charge in [0.2, 0.25) is 15.9 Å². The van der Waals surface area contributed by atoms with Crippen molar-refractivity contribution in [2.45, 2.75) is 49.5 Å². The third kappa shape index (κ3) is 4.55. The fourth-order valence-electron chi connectivity index (χ4n) is 3.94. The number of sulfonamides is 1. The lowest BCUT2D eigenvalue weighted by molar-refractivity contribution is -0.135. The molecule has 8 heteroatoms. The predicted octanol–water partition coefficient (Wildman–Crippen LogP) is 2.16. The Labute approximate surface area is 161 Å². The van der Waals surface area contributed by atoms with Crippen LogP contribution in [0.4, 0.5) is 0 Å². The van der Waals surface area contributed by atoms with Crippen LogP contribution >= 0.6 is 0 Å². The van der Waals surface area contributed by atoms with Crippen LogP contribution in [0.3, 0.4) is 0 Å². The summed E-state index contributed by atoms with van der Waals surface area (Å²) in [6.45, 7) is 1.01. The summed E-state index contributed by atoms with van der Waals surface area (Å²) >= 11 is 0. The van der Waals surface area contributed by atoms with Gasteiger partial charge in [-0.25, -0.2) is 13.1 Å². The summed E-state index contributed by atoms with van der Waals surface area (Å²) < 4.78 is 38.8. The van der Waals surface area contributed by atoms with Crippen LogP contribution in [0.5, 0.6) is 11.5 Å². The Morgan fingerprint density at radius 1 is 1.11 bits per heavy atom. The third-order valence-corrected chi connectivity index (χ3v) is 6.98. The topological polar surface area (TPSA) is 84.9 Å². The second-order valence-corrected chi connectivity index (χ2v) is 8.93. The van der Waals surface area contributed by atoms with Gasteiger partial charge in [0.1, 0.15) is 16.4 Å². The summed E-state index contributed by atoms with van der Waals surface area (Å²) in [5.74, 6) is 0.982. The first kappa shape index (κ1) is 19.9. The number of amides is 1. The van der Waals surface area contributed by atoms with Gasteiger partial charge in [-0.3, -0.25) is 4.79 Å². The number of nitrogens with zero attached hydrogens (tertiary/aromatic N) is 1. The summed E-state index contributed by atoms with van der Waals surface area (Å²) in [6.07, 6.45) is 5.93. The van der Waals surface area contributed by atoms with Gasteiger partial charge in [-0.2, -0.15) is 0 Å². The van der Waals surface area contributed by atoms with Gasteiger partial charge in [0.05, 0.1) is 14.2 Å². The largest absolute Gasteiger partial charge is 0.497 e. The summed E-state index contributed by atoms with van der Waals surface area (Å²) in [7, 11) is -0.871. The summed E-state index contributed by atoms with van der Waals surface area (Å²) in [5.41, 5.74) is 0. The number of hydrogen-bond donors (Lipinski definition) is 1. The number of carbonyl (C=O) groups excluding carboxylic acids is 1. The molecule has 1 aromatic carbocycles. The van der Waals surface area contributed by atoms with Crippen LogP contribution in [0.1, 0.15) is 38.5 Å². The summed E-state index contributed by atoms with van der Waals surface area (Å²) in [6, 6.07) is 4.37. The number of carbonyl (C=O) groups is 1. The van der Waals surface area contributed by atoms with Crippen LogP contribution in [0, 0.1) is 5.92 Å². The summed E-state index contributed by atoms with van der Waals surface area (Å²) in [5, 5.41) is 0.